The van der Waals surface area contributed by atoms with Gasteiger partial charge in [-0.1, -0.05) is 37.3 Å². The van der Waals surface area contributed by atoms with E-state index in [4.69, 9.17) is 0 Å². The van der Waals surface area contributed by atoms with E-state index in [2.05, 4.69) is 43.0 Å². The Morgan fingerprint density at radius 2 is 2.00 bits per heavy atom. The van der Waals surface area contributed by atoms with Crippen molar-refractivity contribution in [2.75, 3.05) is 5.75 Å². The van der Waals surface area contributed by atoms with Crippen molar-refractivity contribution in [3.8, 4) is 11.1 Å². The summed E-state index contributed by atoms with van der Waals surface area (Å²) < 4.78 is 1.99. The van der Waals surface area contributed by atoms with Crippen LogP contribution in [0.4, 0.5) is 0 Å². The summed E-state index contributed by atoms with van der Waals surface area (Å²) >= 11 is 4.28. The number of hydrogen-bond donors (Lipinski definition) is 1. The van der Waals surface area contributed by atoms with Crippen molar-refractivity contribution in [2.45, 2.75) is 13.5 Å². The number of benzene rings is 1. The number of hydrogen-bond acceptors (Lipinski definition) is 2. The molecule has 84 valence electrons. The van der Waals surface area contributed by atoms with Crippen LogP contribution in [0, 0.1) is 5.92 Å². The van der Waals surface area contributed by atoms with Crippen molar-refractivity contribution < 1.29 is 0 Å². The zero-order valence-electron chi connectivity index (χ0n) is 9.37. The van der Waals surface area contributed by atoms with Crippen LogP contribution in [0.5, 0.6) is 0 Å². The molecule has 0 aliphatic carbocycles. The van der Waals surface area contributed by atoms with E-state index in [0.29, 0.717) is 5.92 Å². The first-order chi connectivity index (χ1) is 7.79. The molecule has 3 heteroatoms. The van der Waals surface area contributed by atoms with Crippen LogP contribution in [0.1, 0.15) is 6.92 Å². The third kappa shape index (κ3) is 2.67. The Hall–Kier alpha value is -1.22. The van der Waals surface area contributed by atoms with Crippen molar-refractivity contribution in [3.63, 3.8) is 0 Å². The average molecular weight is 232 g/mol. The maximum Gasteiger partial charge on any atom is 0.0568 e. The minimum absolute atomic E-state index is 0.548. The molecule has 2 rings (SSSR count). The van der Waals surface area contributed by atoms with Gasteiger partial charge in [-0.25, -0.2) is 0 Å². The van der Waals surface area contributed by atoms with Gasteiger partial charge in [0.15, 0.2) is 0 Å². The molecule has 1 atom stereocenters. The molecule has 0 fully saturated rings. The third-order valence-corrected chi connectivity index (χ3v) is 3.17. The van der Waals surface area contributed by atoms with Crippen LogP contribution < -0.4 is 0 Å². The Labute approximate surface area is 102 Å². The lowest BCUT2D eigenvalue weighted by atomic mass is 10.1. The number of nitrogens with zero attached hydrogens (tertiary/aromatic N) is 2. The zero-order chi connectivity index (χ0) is 11.4. The second-order valence-corrected chi connectivity index (χ2v) is 4.47. The van der Waals surface area contributed by atoms with Gasteiger partial charge in [0.25, 0.3) is 0 Å². The van der Waals surface area contributed by atoms with E-state index in [-0.39, 0.29) is 0 Å². The molecular formula is C13H16N2S. The molecular weight excluding hydrogens is 216 g/mol. The van der Waals surface area contributed by atoms with Gasteiger partial charge in [0.2, 0.25) is 0 Å². The summed E-state index contributed by atoms with van der Waals surface area (Å²) in [4.78, 5) is 0. The molecule has 1 aromatic carbocycles. The Kier molecular flexibility index (Phi) is 3.67. The van der Waals surface area contributed by atoms with Gasteiger partial charge < -0.3 is 0 Å². The van der Waals surface area contributed by atoms with Gasteiger partial charge in [0.05, 0.1) is 6.20 Å². The minimum Gasteiger partial charge on any atom is -0.272 e. The molecule has 0 N–H and O–H groups in total. The largest absolute Gasteiger partial charge is 0.272 e. The van der Waals surface area contributed by atoms with Gasteiger partial charge >= 0.3 is 0 Å². The molecule has 0 saturated carbocycles. The van der Waals surface area contributed by atoms with E-state index in [9.17, 15) is 0 Å². The highest BCUT2D eigenvalue weighted by atomic mass is 32.1. The van der Waals surface area contributed by atoms with Gasteiger partial charge in [-0.3, -0.25) is 4.68 Å². The Bertz CT molecular complexity index is 436. The topological polar surface area (TPSA) is 17.8 Å². The van der Waals surface area contributed by atoms with Crippen molar-refractivity contribution in [2.24, 2.45) is 5.92 Å². The summed E-state index contributed by atoms with van der Waals surface area (Å²) in [5.74, 6) is 1.44. The first-order valence-corrected chi connectivity index (χ1v) is 6.11. The number of thiol groups is 1. The Balaban J connectivity index is 2.14. The fourth-order valence-electron chi connectivity index (χ4n) is 1.62. The molecule has 1 aromatic heterocycles. The van der Waals surface area contributed by atoms with Crippen LogP contribution in [0.2, 0.25) is 0 Å². The predicted octanol–water partition coefficient (Wildman–Crippen LogP) is 3.12. The van der Waals surface area contributed by atoms with E-state index in [1.165, 1.54) is 11.1 Å². The highest BCUT2D eigenvalue weighted by Gasteiger charge is 2.04. The molecule has 0 amide bonds. The standard InChI is InChI=1S/C13H16N2S/c1-11(10-16)8-15-9-13(7-14-15)12-5-3-2-4-6-12/h2-7,9,11,16H,8,10H2,1H3. The second kappa shape index (κ2) is 5.21. The quantitative estimate of drug-likeness (QED) is 0.802. The Morgan fingerprint density at radius 1 is 1.25 bits per heavy atom. The summed E-state index contributed by atoms with van der Waals surface area (Å²) in [6.07, 6.45) is 4.01. The van der Waals surface area contributed by atoms with Crippen LogP contribution in [0.15, 0.2) is 42.7 Å². The van der Waals surface area contributed by atoms with Crippen LogP contribution >= 0.6 is 12.6 Å². The lowest BCUT2D eigenvalue weighted by Gasteiger charge is -2.06. The van der Waals surface area contributed by atoms with Gasteiger partial charge in [-0.15, -0.1) is 0 Å². The predicted molar refractivity (Wildman–Crippen MR) is 70.7 cm³/mol. The SMILES string of the molecule is CC(CS)Cn1cc(-c2ccccc2)cn1. The van der Waals surface area contributed by atoms with E-state index in [1.807, 2.05) is 29.1 Å². The first kappa shape index (κ1) is 11.3. The Morgan fingerprint density at radius 3 is 2.69 bits per heavy atom. The highest BCUT2D eigenvalue weighted by Crippen LogP contribution is 2.18. The summed E-state index contributed by atoms with van der Waals surface area (Å²) in [5, 5.41) is 4.36. The minimum atomic E-state index is 0.548. The monoisotopic (exact) mass is 232 g/mol. The summed E-state index contributed by atoms with van der Waals surface area (Å²) in [5.41, 5.74) is 2.39. The number of aromatic nitrogens is 2. The summed E-state index contributed by atoms with van der Waals surface area (Å²) in [7, 11) is 0. The molecule has 2 nitrogen and oxygen atoms in total. The maximum absolute atomic E-state index is 4.36. The molecule has 16 heavy (non-hydrogen) atoms. The molecule has 1 heterocycles. The van der Waals surface area contributed by atoms with E-state index in [0.717, 1.165) is 12.3 Å². The van der Waals surface area contributed by atoms with Crippen molar-refractivity contribution in [1.29, 1.82) is 0 Å². The molecule has 0 radical (unpaired) electrons. The average Bonchev–Trinajstić information content (AvgIpc) is 2.78. The van der Waals surface area contributed by atoms with Crippen LogP contribution in [-0.4, -0.2) is 15.5 Å². The lowest BCUT2D eigenvalue weighted by Crippen LogP contribution is -2.08. The smallest absolute Gasteiger partial charge is 0.0568 e. The lowest BCUT2D eigenvalue weighted by molar-refractivity contribution is 0.490. The van der Waals surface area contributed by atoms with Crippen molar-refractivity contribution >= 4 is 12.6 Å². The normalized spacial score (nSPS) is 12.6. The second-order valence-electron chi connectivity index (χ2n) is 4.10. The van der Waals surface area contributed by atoms with E-state index >= 15 is 0 Å². The van der Waals surface area contributed by atoms with E-state index < -0.39 is 0 Å². The van der Waals surface area contributed by atoms with Crippen molar-refractivity contribution in [1.82, 2.24) is 9.78 Å². The zero-order valence-corrected chi connectivity index (χ0v) is 10.3. The van der Waals surface area contributed by atoms with Crippen LogP contribution in [-0.2, 0) is 6.54 Å². The molecule has 0 aliphatic heterocycles. The fourth-order valence-corrected chi connectivity index (χ4v) is 1.74. The maximum atomic E-state index is 4.36. The molecule has 0 spiro atoms. The number of rotatable bonds is 4. The summed E-state index contributed by atoms with van der Waals surface area (Å²) in [6, 6.07) is 10.3. The molecule has 1 unspecified atom stereocenters. The molecule has 2 aromatic rings. The molecule has 0 saturated heterocycles. The highest BCUT2D eigenvalue weighted by molar-refractivity contribution is 7.80. The van der Waals surface area contributed by atoms with Gasteiger partial charge in [-0.05, 0) is 17.2 Å². The van der Waals surface area contributed by atoms with Gasteiger partial charge in [0.1, 0.15) is 0 Å². The first-order valence-electron chi connectivity index (χ1n) is 5.48. The summed E-state index contributed by atoms with van der Waals surface area (Å²) in [6.45, 7) is 3.10. The van der Waals surface area contributed by atoms with Crippen molar-refractivity contribution in [3.05, 3.63) is 42.7 Å². The fraction of sp³-hybridized carbons (Fsp3) is 0.308. The van der Waals surface area contributed by atoms with E-state index in [1.54, 1.807) is 0 Å². The van der Waals surface area contributed by atoms with Crippen LogP contribution in [0.3, 0.4) is 0 Å². The molecule has 0 bridgehead atoms. The molecule has 0 aliphatic rings. The van der Waals surface area contributed by atoms with Crippen LogP contribution in [0.25, 0.3) is 11.1 Å². The van der Waals surface area contributed by atoms with Gasteiger partial charge in [-0.2, -0.15) is 17.7 Å². The van der Waals surface area contributed by atoms with Gasteiger partial charge in [0, 0.05) is 18.3 Å². The third-order valence-electron chi connectivity index (χ3n) is 2.55.